The predicted molar refractivity (Wildman–Crippen MR) is 154 cm³/mol. The molecule has 0 aliphatic heterocycles. The van der Waals surface area contributed by atoms with Crippen molar-refractivity contribution in [3.63, 3.8) is 0 Å². The van der Waals surface area contributed by atoms with E-state index in [4.69, 9.17) is 9.47 Å². The second-order valence-corrected chi connectivity index (χ2v) is 12.9. The third-order valence-corrected chi connectivity index (χ3v) is 8.56. The summed E-state index contributed by atoms with van der Waals surface area (Å²) in [6, 6.07) is 7.17. The molecule has 2 saturated carbocycles. The van der Waals surface area contributed by atoms with Crippen LogP contribution in [-0.4, -0.2) is 41.2 Å². The van der Waals surface area contributed by atoms with Gasteiger partial charge in [0.25, 0.3) is 0 Å². The lowest BCUT2D eigenvalue weighted by molar-refractivity contribution is -0.124. The molecule has 39 heavy (non-hydrogen) atoms. The van der Waals surface area contributed by atoms with E-state index in [0.29, 0.717) is 28.2 Å². The molecule has 2 aromatic heterocycles. The van der Waals surface area contributed by atoms with E-state index >= 15 is 0 Å². The van der Waals surface area contributed by atoms with Gasteiger partial charge in [-0.1, -0.05) is 24.8 Å². The first-order valence-electron chi connectivity index (χ1n) is 13.9. The minimum atomic E-state index is -1.02. The number of hydrogen-bond acceptors (Lipinski definition) is 6. The molecule has 0 saturated heterocycles. The van der Waals surface area contributed by atoms with Gasteiger partial charge in [-0.25, -0.2) is 4.79 Å². The highest BCUT2D eigenvalue weighted by molar-refractivity contribution is 7.15. The van der Waals surface area contributed by atoms with E-state index in [-0.39, 0.29) is 34.3 Å². The second kappa shape index (κ2) is 12.4. The summed E-state index contributed by atoms with van der Waals surface area (Å²) in [4.78, 5) is 33.5. The molecule has 0 bridgehead atoms. The van der Waals surface area contributed by atoms with Gasteiger partial charge in [0, 0.05) is 29.5 Å². The van der Waals surface area contributed by atoms with Crippen LogP contribution < -0.4 is 14.4 Å². The average Bonchev–Trinajstić information content (AvgIpc) is 3.33. The zero-order valence-electron chi connectivity index (χ0n) is 23.7. The van der Waals surface area contributed by atoms with Crippen LogP contribution in [0.1, 0.15) is 93.6 Å². The number of pyridine rings is 1. The standard InChI is InChI=1S/C31H40N2O5S/c1-20-9-11-21(12-10-20)29(34)33(25-19-24(17-18-31(2,3)4)39-28(25)30(35)36)22-13-15-23(16-14-22)38-27-8-6-7-26(32-27)37-5/h6-8,19-23H,9-16H2,1-5H3,(H,35,36)/t20-,21-,22-,23-. The van der Waals surface area contributed by atoms with Crippen molar-refractivity contribution < 1.29 is 24.2 Å². The van der Waals surface area contributed by atoms with Gasteiger partial charge in [0.2, 0.25) is 17.7 Å². The second-order valence-electron chi connectivity index (χ2n) is 11.9. The maximum Gasteiger partial charge on any atom is 0.348 e. The highest BCUT2D eigenvalue weighted by Gasteiger charge is 2.38. The lowest BCUT2D eigenvalue weighted by Gasteiger charge is -2.39. The number of carbonyl (C=O) groups is 2. The van der Waals surface area contributed by atoms with Crippen molar-refractivity contribution in [3.05, 3.63) is 34.0 Å². The van der Waals surface area contributed by atoms with Crippen molar-refractivity contribution in [2.75, 3.05) is 12.0 Å². The molecule has 210 valence electrons. The lowest BCUT2D eigenvalue weighted by atomic mass is 9.81. The molecule has 2 heterocycles. The smallest absolute Gasteiger partial charge is 0.348 e. The van der Waals surface area contributed by atoms with Crippen LogP contribution in [0, 0.1) is 29.1 Å². The normalized spacial score (nSPS) is 23.3. The monoisotopic (exact) mass is 552 g/mol. The zero-order valence-corrected chi connectivity index (χ0v) is 24.5. The Kier molecular flexibility index (Phi) is 9.22. The third-order valence-electron chi connectivity index (χ3n) is 7.53. The molecule has 2 aromatic rings. The number of carbonyl (C=O) groups excluding carboxylic acids is 1. The van der Waals surface area contributed by atoms with Crippen LogP contribution in [0.2, 0.25) is 0 Å². The Bertz CT molecular complexity index is 1220. The minimum Gasteiger partial charge on any atom is -0.481 e. The number of ether oxygens (including phenoxy) is 2. The highest BCUT2D eigenvalue weighted by atomic mass is 32.1. The van der Waals surface area contributed by atoms with Gasteiger partial charge in [0.05, 0.1) is 17.7 Å². The van der Waals surface area contributed by atoms with E-state index in [0.717, 1.165) is 62.7 Å². The average molecular weight is 553 g/mol. The number of nitrogens with zero attached hydrogens (tertiary/aromatic N) is 2. The maximum absolute atomic E-state index is 14.1. The van der Waals surface area contributed by atoms with Gasteiger partial charge in [0.1, 0.15) is 11.0 Å². The summed E-state index contributed by atoms with van der Waals surface area (Å²) < 4.78 is 11.4. The number of thiophene rings is 1. The van der Waals surface area contributed by atoms with E-state index in [1.165, 1.54) is 0 Å². The van der Waals surface area contributed by atoms with Gasteiger partial charge < -0.3 is 19.5 Å². The van der Waals surface area contributed by atoms with Gasteiger partial charge in [-0.15, -0.1) is 11.3 Å². The number of aromatic carboxylic acids is 1. The molecule has 1 amide bonds. The van der Waals surface area contributed by atoms with Crippen molar-refractivity contribution in [1.82, 2.24) is 4.98 Å². The summed E-state index contributed by atoms with van der Waals surface area (Å²) in [5.74, 6) is 6.96. The topological polar surface area (TPSA) is 89.0 Å². The number of amides is 1. The summed E-state index contributed by atoms with van der Waals surface area (Å²) in [5.41, 5.74) is 0.283. The Labute approximate surface area is 235 Å². The number of carboxylic acid groups (broad SMARTS) is 1. The van der Waals surface area contributed by atoms with Crippen LogP contribution >= 0.6 is 11.3 Å². The van der Waals surface area contributed by atoms with Crippen LogP contribution in [0.15, 0.2) is 24.3 Å². The number of rotatable bonds is 7. The van der Waals surface area contributed by atoms with Gasteiger partial charge in [-0.2, -0.15) is 4.98 Å². The molecule has 8 heteroatoms. The number of carboxylic acids is 1. The van der Waals surface area contributed by atoms with Crippen molar-refractivity contribution in [2.45, 2.75) is 91.2 Å². The molecule has 1 N–H and O–H groups in total. The highest BCUT2D eigenvalue weighted by Crippen LogP contribution is 2.39. The summed E-state index contributed by atoms with van der Waals surface area (Å²) in [7, 11) is 1.58. The van der Waals surface area contributed by atoms with E-state index in [1.807, 2.05) is 43.9 Å². The first-order valence-corrected chi connectivity index (χ1v) is 14.8. The van der Waals surface area contributed by atoms with Gasteiger partial charge in [0.15, 0.2) is 0 Å². The fourth-order valence-corrected chi connectivity index (χ4v) is 6.23. The van der Waals surface area contributed by atoms with Gasteiger partial charge in [-0.05, 0) is 84.1 Å². The van der Waals surface area contributed by atoms with Gasteiger partial charge in [-0.3, -0.25) is 4.79 Å². The van der Waals surface area contributed by atoms with Crippen LogP contribution in [-0.2, 0) is 4.79 Å². The Morgan fingerprint density at radius 2 is 1.72 bits per heavy atom. The van der Waals surface area contributed by atoms with E-state index < -0.39 is 5.97 Å². The summed E-state index contributed by atoms with van der Waals surface area (Å²) >= 11 is 1.16. The van der Waals surface area contributed by atoms with Crippen LogP contribution in [0.25, 0.3) is 0 Å². The van der Waals surface area contributed by atoms with Crippen LogP contribution in [0.4, 0.5) is 5.69 Å². The Hall–Kier alpha value is -3.05. The number of methoxy groups -OCH3 is 1. The number of aromatic nitrogens is 1. The number of hydrogen-bond donors (Lipinski definition) is 1. The fraction of sp³-hybridized carbons (Fsp3) is 0.581. The van der Waals surface area contributed by atoms with E-state index in [2.05, 4.69) is 23.7 Å². The van der Waals surface area contributed by atoms with E-state index in [1.54, 1.807) is 13.2 Å². The summed E-state index contributed by atoms with van der Waals surface area (Å²) in [6.07, 6.45) is 6.66. The quantitative estimate of drug-likeness (QED) is 0.380. The first-order chi connectivity index (χ1) is 18.5. The Morgan fingerprint density at radius 3 is 2.33 bits per heavy atom. The Balaban J connectivity index is 1.59. The Morgan fingerprint density at radius 1 is 1.05 bits per heavy atom. The van der Waals surface area contributed by atoms with Crippen molar-refractivity contribution >= 4 is 28.9 Å². The first kappa shape index (κ1) is 28.9. The van der Waals surface area contributed by atoms with Crippen LogP contribution in [0.5, 0.6) is 11.8 Å². The molecular formula is C31H40N2O5S. The lowest BCUT2D eigenvalue weighted by Crippen LogP contribution is -2.47. The third kappa shape index (κ3) is 7.54. The SMILES string of the molecule is COc1cccc(O[C@H]2CC[C@H](N(c3cc(C#CC(C)(C)C)sc3C(=O)O)C(=O)[C@H]3CC[C@H](C)CC3)CC2)n1. The van der Waals surface area contributed by atoms with Crippen molar-refractivity contribution in [2.24, 2.45) is 17.3 Å². The van der Waals surface area contributed by atoms with Gasteiger partial charge >= 0.3 is 5.97 Å². The minimum absolute atomic E-state index is 0.0250. The molecule has 0 radical (unpaired) electrons. The summed E-state index contributed by atoms with van der Waals surface area (Å²) in [5, 5.41) is 10.1. The molecule has 0 aromatic carbocycles. The predicted octanol–water partition coefficient (Wildman–Crippen LogP) is 6.80. The molecule has 0 atom stereocenters. The molecule has 2 aliphatic carbocycles. The molecule has 7 nitrogen and oxygen atoms in total. The molecule has 0 unspecified atom stereocenters. The number of anilines is 1. The molecule has 0 spiro atoms. The molecular weight excluding hydrogens is 512 g/mol. The maximum atomic E-state index is 14.1. The van der Waals surface area contributed by atoms with Crippen LogP contribution in [0.3, 0.4) is 0 Å². The van der Waals surface area contributed by atoms with Crippen molar-refractivity contribution in [1.29, 1.82) is 0 Å². The molecule has 2 fully saturated rings. The summed E-state index contributed by atoms with van der Waals surface area (Å²) in [6.45, 7) is 8.30. The fourth-order valence-electron chi connectivity index (χ4n) is 5.39. The zero-order chi connectivity index (χ0) is 28.2. The van der Waals surface area contributed by atoms with E-state index in [9.17, 15) is 14.7 Å². The largest absolute Gasteiger partial charge is 0.481 e. The molecule has 4 rings (SSSR count). The van der Waals surface area contributed by atoms with Crippen molar-refractivity contribution in [3.8, 4) is 23.6 Å². The molecule has 2 aliphatic rings.